The Morgan fingerprint density at radius 2 is 1.78 bits per heavy atom. The first-order valence-electron chi connectivity index (χ1n) is 8.28. The molecule has 0 saturated carbocycles. The van der Waals surface area contributed by atoms with Crippen LogP contribution in [0, 0.1) is 3.57 Å². The number of fused-ring (bicyclic) bond motifs is 1. The normalized spacial score (nSPS) is 10.9. The molecule has 3 nitrogen and oxygen atoms in total. The minimum absolute atomic E-state index is 0.0611. The van der Waals surface area contributed by atoms with E-state index in [1.165, 1.54) is 11.3 Å². The van der Waals surface area contributed by atoms with Crippen molar-refractivity contribution in [3.05, 3.63) is 92.5 Å². The van der Waals surface area contributed by atoms with E-state index in [4.69, 9.17) is 11.6 Å². The van der Waals surface area contributed by atoms with Crippen LogP contribution in [0.15, 0.2) is 72.8 Å². The monoisotopic (exact) mass is 504 g/mol. The quantitative estimate of drug-likeness (QED) is 0.301. The number of nitrogens with zero attached hydrogens (tertiary/aromatic N) is 2. The Morgan fingerprint density at radius 3 is 2.56 bits per heavy atom. The van der Waals surface area contributed by atoms with E-state index in [9.17, 15) is 4.79 Å². The molecule has 0 atom stereocenters. The van der Waals surface area contributed by atoms with Crippen molar-refractivity contribution in [3.8, 4) is 0 Å². The predicted octanol–water partition coefficient (Wildman–Crippen LogP) is 6.40. The van der Waals surface area contributed by atoms with Crippen LogP contribution in [0.25, 0.3) is 10.2 Å². The van der Waals surface area contributed by atoms with Crippen LogP contribution in [0.2, 0.25) is 5.02 Å². The van der Waals surface area contributed by atoms with Crippen molar-refractivity contribution < 1.29 is 4.79 Å². The zero-order chi connectivity index (χ0) is 18.8. The Labute approximate surface area is 179 Å². The van der Waals surface area contributed by atoms with E-state index in [2.05, 4.69) is 27.6 Å². The Hall–Kier alpha value is -1.96. The summed E-state index contributed by atoms with van der Waals surface area (Å²) in [7, 11) is 0. The summed E-state index contributed by atoms with van der Waals surface area (Å²) in [4.78, 5) is 19.8. The number of benzene rings is 3. The minimum atomic E-state index is -0.0611. The van der Waals surface area contributed by atoms with Gasteiger partial charge in [0.1, 0.15) is 0 Å². The number of carbonyl (C=O) groups is 1. The highest BCUT2D eigenvalue weighted by Crippen LogP contribution is 2.32. The maximum Gasteiger partial charge on any atom is 0.261 e. The molecular weight excluding hydrogens is 491 g/mol. The van der Waals surface area contributed by atoms with Gasteiger partial charge in [0.25, 0.3) is 5.91 Å². The molecule has 0 aliphatic carbocycles. The molecular formula is C21H14ClIN2OS. The van der Waals surface area contributed by atoms with E-state index >= 15 is 0 Å². The van der Waals surface area contributed by atoms with Crippen LogP contribution in [0.5, 0.6) is 0 Å². The Morgan fingerprint density at radius 1 is 1.04 bits per heavy atom. The molecule has 27 heavy (non-hydrogen) atoms. The summed E-state index contributed by atoms with van der Waals surface area (Å²) < 4.78 is 1.88. The summed E-state index contributed by atoms with van der Waals surface area (Å²) in [5.41, 5.74) is 2.56. The Balaban J connectivity index is 1.79. The van der Waals surface area contributed by atoms with Gasteiger partial charge >= 0.3 is 0 Å². The van der Waals surface area contributed by atoms with Gasteiger partial charge in [-0.3, -0.25) is 9.69 Å². The molecule has 6 heteroatoms. The first kappa shape index (κ1) is 18.4. The summed E-state index contributed by atoms with van der Waals surface area (Å²) in [5, 5.41) is 1.33. The summed E-state index contributed by atoms with van der Waals surface area (Å²) in [6, 6.07) is 23.1. The second-order valence-corrected chi connectivity index (χ2v) is 8.57. The maximum atomic E-state index is 13.4. The smallest absolute Gasteiger partial charge is 0.261 e. The number of amides is 1. The molecule has 1 aromatic heterocycles. The van der Waals surface area contributed by atoms with Crippen LogP contribution in [0.4, 0.5) is 5.13 Å². The number of hydrogen-bond donors (Lipinski definition) is 0. The second kappa shape index (κ2) is 7.96. The van der Waals surface area contributed by atoms with Crippen LogP contribution >= 0.6 is 45.5 Å². The molecule has 0 aliphatic heterocycles. The summed E-state index contributed by atoms with van der Waals surface area (Å²) in [6.45, 7) is 0.457. The number of carbonyl (C=O) groups excluding carboxylic acids is 1. The number of anilines is 1. The molecule has 0 spiro atoms. The molecule has 0 N–H and O–H groups in total. The fraction of sp³-hybridized carbons (Fsp3) is 0.0476. The highest BCUT2D eigenvalue weighted by Gasteiger charge is 2.23. The highest BCUT2D eigenvalue weighted by molar-refractivity contribution is 14.1. The van der Waals surface area contributed by atoms with Crippen molar-refractivity contribution >= 4 is 66.8 Å². The highest BCUT2D eigenvalue weighted by atomic mass is 127. The zero-order valence-electron chi connectivity index (χ0n) is 14.1. The van der Waals surface area contributed by atoms with Crippen LogP contribution in [-0.4, -0.2) is 10.9 Å². The van der Waals surface area contributed by atoms with Gasteiger partial charge in [0.15, 0.2) is 5.13 Å². The van der Waals surface area contributed by atoms with E-state index in [0.29, 0.717) is 22.3 Å². The van der Waals surface area contributed by atoms with Crippen molar-refractivity contribution in [1.82, 2.24) is 4.98 Å². The van der Waals surface area contributed by atoms with Crippen LogP contribution in [-0.2, 0) is 6.54 Å². The van der Waals surface area contributed by atoms with Crippen LogP contribution in [0.3, 0.4) is 0 Å². The fourth-order valence-electron chi connectivity index (χ4n) is 2.77. The molecule has 3 aromatic carbocycles. The molecule has 0 bridgehead atoms. The largest absolute Gasteiger partial charge is 0.279 e. The lowest BCUT2D eigenvalue weighted by atomic mass is 10.1. The summed E-state index contributed by atoms with van der Waals surface area (Å²) >= 11 is 9.78. The van der Waals surface area contributed by atoms with E-state index in [1.807, 2.05) is 72.8 Å². The van der Waals surface area contributed by atoms with Crippen LogP contribution in [0.1, 0.15) is 15.9 Å². The molecule has 0 unspecified atom stereocenters. The van der Waals surface area contributed by atoms with Gasteiger partial charge in [-0.2, -0.15) is 0 Å². The van der Waals surface area contributed by atoms with E-state index in [-0.39, 0.29) is 5.91 Å². The Kier molecular flexibility index (Phi) is 5.43. The number of hydrogen-bond acceptors (Lipinski definition) is 3. The van der Waals surface area contributed by atoms with Gasteiger partial charge in [-0.25, -0.2) is 4.98 Å². The maximum absolute atomic E-state index is 13.4. The van der Waals surface area contributed by atoms with E-state index in [0.717, 1.165) is 19.4 Å². The molecule has 134 valence electrons. The standard InChI is InChI=1S/C21H14ClIN2OS/c22-15-10-11-18-19(12-15)27-21(24-18)25(13-14-6-2-1-3-7-14)20(26)16-8-4-5-9-17(16)23/h1-12H,13H2. The van der Waals surface area contributed by atoms with Crippen molar-refractivity contribution in [2.45, 2.75) is 6.54 Å². The molecule has 4 aromatic rings. The van der Waals surface area contributed by atoms with Gasteiger partial charge in [0.05, 0.1) is 22.3 Å². The van der Waals surface area contributed by atoms with Crippen molar-refractivity contribution in [2.75, 3.05) is 4.90 Å². The number of halogens is 2. The first-order chi connectivity index (χ1) is 13.1. The van der Waals surface area contributed by atoms with E-state index < -0.39 is 0 Å². The Bertz CT molecular complexity index is 1110. The van der Waals surface area contributed by atoms with Gasteiger partial charge in [-0.15, -0.1) is 0 Å². The van der Waals surface area contributed by atoms with Crippen LogP contribution < -0.4 is 4.90 Å². The summed E-state index contributed by atoms with van der Waals surface area (Å²) in [6.07, 6.45) is 0. The molecule has 0 aliphatic rings. The molecule has 4 rings (SSSR count). The minimum Gasteiger partial charge on any atom is -0.279 e. The third-order valence-electron chi connectivity index (χ3n) is 4.10. The number of rotatable bonds is 4. The molecule has 0 fully saturated rings. The lowest BCUT2D eigenvalue weighted by Gasteiger charge is -2.20. The molecule has 1 amide bonds. The van der Waals surface area contributed by atoms with Gasteiger partial charge < -0.3 is 0 Å². The topological polar surface area (TPSA) is 33.2 Å². The van der Waals surface area contributed by atoms with Crippen molar-refractivity contribution in [1.29, 1.82) is 0 Å². The molecule has 0 radical (unpaired) electrons. The average molecular weight is 505 g/mol. The lowest BCUT2D eigenvalue weighted by molar-refractivity contribution is 0.0984. The van der Waals surface area contributed by atoms with Gasteiger partial charge in [-0.1, -0.05) is 65.4 Å². The zero-order valence-corrected chi connectivity index (χ0v) is 17.8. The molecule has 0 saturated heterocycles. The van der Waals surface area contributed by atoms with Crippen molar-refractivity contribution in [3.63, 3.8) is 0 Å². The first-order valence-corrected chi connectivity index (χ1v) is 10.6. The van der Waals surface area contributed by atoms with Crippen molar-refractivity contribution in [2.24, 2.45) is 0 Å². The SMILES string of the molecule is O=C(c1ccccc1I)N(Cc1ccccc1)c1nc2ccc(Cl)cc2s1. The fourth-order valence-corrected chi connectivity index (χ4v) is 4.63. The number of thiazole rings is 1. The second-order valence-electron chi connectivity index (χ2n) is 5.97. The lowest BCUT2D eigenvalue weighted by Crippen LogP contribution is -2.30. The average Bonchev–Trinajstić information content (AvgIpc) is 3.09. The predicted molar refractivity (Wildman–Crippen MR) is 121 cm³/mol. The number of aromatic nitrogens is 1. The third kappa shape index (κ3) is 4.00. The van der Waals surface area contributed by atoms with E-state index in [1.54, 1.807) is 4.90 Å². The third-order valence-corrected chi connectivity index (χ3v) is 6.32. The van der Waals surface area contributed by atoms with Gasteiger partial charge in [0, 0.05) is 8.59 Å². The van der Waals surface area contributed by atoms with Gasteiger partial charge in [-0.05, 0) is 58.5 Å². The molecule has 1 heterocycles. The van der Waals surface area contributed by atoms with Gasteiger partial charge in [0.2, 0.25) is 0 Å². The summed E-state index contributed by atoms with van der Waals surface area (Å²) in [5.74, 6) is -0.0611.